The van der Waals surface area contributed by atoms with Gasteiger partial charge in [-0.25, -0.2) is 4.90 Å². The fourth-order valence-corrected chi connectivity index (χ4v) is 4.26. The highest BCUT2D eigenvalue weighted by atomic mass is 35.5. The van der Waals surface area contributed by atoms with Crippen molar-refractivity contribution in [2.45, 2.75) is 0 Å². The van der Waals surface area contributed by atoms with Gasteiger partial charge in [-0.05, 0) is 23.8 Å². The molecule has 2 aliphatic rings. The molecule has 2 heterocycles. The minimum atomic E-state index is -0.414. The number of carbonyl (C=O) groups is 2. The third-order valence-electron chi connectivity index (χ3n) is 5.38. The lowest BCUT2D eigenvalue weighted by Gasteiger charge is -2.36. The second-order valence-corrected chi connectivity index (χ2v) is 8.03. The Kier molecular flexibility index (Phi) is 6.11. The van der Waals surface area contributed by atoms with E-state index in [9.17, 15) is 14.7 Å². The van der Waals surface area contributed by atoms with Crippen LogP contribution >= 0.6 is 23.2 Å². The van der Waals surface area contributed by atoms with Crippen molar-refractivity contribution in [2.24, 2.45) is 0 Å². The molecule has 2 amide bonds. The van der Waals surface area contributed by atoms with E-state index in [0.717, 1.165) is 4.90 Å². The van der Waals surface area contributed by atoms with Crippen LogP contribution in [-0.4, -0.2) is 66.1 Å². The van der Waals surface area contributed by atoms with Crippen molar-refractivity contribution < 1.29 is 14.7 Å². The van der Waals surface area contributed by atoms with Gasteiger partial charge < -0.3 is 10.0 Å². The minimum absolute atomic E-state index is 0.0937. The molecule has 1 saturated heterocycles. The molecule has 4 rings (SSSR count). The molecule has 0 radical (unpaired) electrons. The van der Waals surface area contributed by atoms with Crippen LogP contribution in [-0.2, 0) is 9.59 Å². The van der Waals surface area contributed by atoms with Crippen LogP contribution in [0.5, 0.6) is 0 Å². The number of amides is 2. The number of imide groups is 1. The zero-order chi connectivity index (χ0) is 21.3. The lowest BCUT2D eigenvalue weighted by Crippen LogP contribution is -2.48. The summed E-state index contributed by atoms with van der Waals surface area (Å²) < 4.78 is 0. The predicted octanol–water partition coefficient (Wildman–Crippen LogP) is 2.89. The maximum Gasteiger partial charge on any atom is 0.282 e. The first-order valence-electron chi connectivity index (χ1n) is 9.73. The largest absolute Gasteiger partial charge is 0.395 e. The highest BCUT2D eigenvalue weighted by molar-refractivity contribution is 6.47. The molecule has 1 N–H and O–H groups in total. The van der Waals surface area contributed by atoms with E-state index in [1.54, 1.807) is 12.1 Å². The number of carbonyl (C=O) groups excluding carboxylic acids is 2. The van der Waals surface area contributed by atoms with Crippen molar-refractivity contribution in [1.82, 2.24) is 9.80 Å². The van der Waals surface area contributed by atoms with Gasteiger partial charge in [0.25, 0.3) is 11.8 Å². The summed E-state index contributed by atoms with van der Waals surface area (Å²) in [5.41, 5.74) is 1.71. The molecule has 0 aliphatic carbocycles. The summed E-state index contributed by atoms with van der Waals surface area (Å²) in [6, 6.07) is 13.9. The Balaban J connectivity index is 1.75. The van der Waals surface area contributed by atoms with E-state index in [2.05, 4.69) is 4.90 Å². The molecule has 1 fully saturated rings. The van der Waals surface area contributed by atoms with E-state index < -0.39 is 11.8 Å². The average molecular weight is 446 g/mol. The number of rotatable bonds is 5. The maximum absolute atomic E-state index is 13.5. The summed E-state index contributed by atoms with van der Waals surface area (Å²) in [6.45, 7) is 3.26. The zero-order valence-corrected chi connectivity index (χ0v) is 17.7. The second-order valence-electron chi connectivity index (χ2n) is 7.18. The van der Waals surface area contributed by atoms with Gasteiger partial charge in [-0.1, -0.05) is 53.5 Å². The number of aliphatic hydroxyl groups excluding tert-OH is 1. The van der Waals surface area contributed by atoms with Crippen molar-refractivity contribution >= 4 is 46.3 Å². The van der Waals surface area contributed by atoms with E-state index in [1.165, 1.54) is 6.07 Å². The highest BCUT2D eigenvalue weighted by Gasteiger charge is 2.43. The van der Waals surface area contributed by atoms with Crippen molar-refractivity contribution in [1.29, 1.82) is 0 Å². The van der Waals surface area contributed by atoms with Gasteiger partial charge >= 0.3 is 0 Å². The summed E-state index contributed by atoms with van der Waals surface area (Å²) in [5, 5.41) is 9.85. The van der Waals surface area contributed by atoms with Gasteiger partial charge in [-0.15, -0.1) is 0 Å². The Hall–Kier alpha value is -2.38. The first-order valence-corrected chi connectivity index (χ1v) is 10.5. The van der Waals surface area contributed by atoms with Gasteiger partial charge in [0.2, 0.25) is 0 Å². The van der Waals surface area contributed by atoms with Crippen LogP contribution in [0, 0.1) is 0 Å². The zero-order valence-electron chi connectivity index (χ0n) is 16.2. The maximum atomic E-state index is 13.5. The van der Waals surface area contributed by atoms with Gasteiger partial charge in [-0.3, -0.25) is 14.5 Å². The average Bonchev–Trinajstić information content (AvgIpc) is 3.01. The van der Waals surface area contributed by atoms with E-state index in [1.807, 2.05) is 35.2 Å². The van der Waals surface area contributed by atoms with Gasteiger partial charge in [-0.2, -0.15) is 0 Å². The van der Waals surface area contributed by atoms with Crippen LogP contribution in [0.2, 0.25) is 10.0 Å². The van der Waals surface area contributed by atoms with Crippen molar-refractivity contribution in [3.63, 3.8) is 0 Å². The Labute approximate surface area is 184 Å². The van der Waals surface area contributed by atoms with Crippen molar-refractivity contribution in [3.05, 3.63) is 69.8 Å². The number of piperazine rings is 1. The quantitative estimate of drug-likeness (QED) is 0.716. The SMILES string of the molecule is O=C1C(c2ccccc2)=C(N2CCN(CCO)CC2)C(=O)N1c1cc(Cl)ccc1Cl. The molecular weight excluding hydrogens is 425 g/mol. The standard InChI is InChI=1S/C22H21Cl2N3O3/c23-16-6-7-17(24)18(14-16)27-21(29)19(15-4-2-1-3-5-15)20(22(27)30)26-10-8-25(9-11-26)12-13-28/h1-7,14,28H,8-13H2. The number of hydrogen-bond donors (Lipinski definition) is 1. The van der Waals surface area contributed by atoms with Crippen LogP contribution in [0.25, 0.3) is 5.57 Å². The molecule has 0 unspecified atom stereocenters. The lowest BCUT2D eigenvalue weighted by atomic mass is 10.0. The van der Waals surface area contributed by atoms with Crippen LogP contribution in [0.4, 0.5) is 5.69 Å². The number of benzene rings is 2. The molecule has 0 bridgehead atoms. The van der Waals surface area contributed by atoms with E-state index in [0.29, 0.717) is 54.6 Å². The number of halogens is 2. The van der Waals surface area contributed by atoms with Gasteiger partial charge in [0.1, 0.15) is 5.70 Å². The fraction of sp³-hybridized carbons (Fsp3) is 0.273. The summed E-state index contributed by atoms with van der Waals surface area (Å²) in [6.07, 6.45) is 0. The third kappa shape index (κ3) is 3.84. The summed E-state index contributed by atoms with van der Waals surface area (Å²) in [4.78, 5) is 32.2. The van der Waals surface area contributed by atoms with Gasteiger partial charge in [0, 0.05) is 37.7 Å². The number of hydrogen-bond acceptors (Lipinski definition) is 5. The topological polar surface area (TPSA) is 64.1 Å². The van der Waals surface area contributed by atoms with Crippen LogP contribution in [0.15, 0.2) is 54.2 Å². The number of β-amino-alcohol motifs (C(OH)–C–C–N with tert-alkyl or cyclic N) is 1. The van der Waals surface area contributed by atoms with E-state index in [4.69, 9.17) is 23.2 Å². The summed E-state index contributed by atoms with van der Waals surface area (Å²) >= 11 is 12.4. The molecule has 6 nitrogen and oxygen atoms in total. The summed E-state index contributed by atoms with van der Waals surface area (Å²) in [7, 11) is 0. The van der Waals surface area contributed by atoms with E-state index >= 15 is 0 Å². The number of nitrogens with zero attached hydrogens (tertiary/aromatic N) is 3. The van der Waals surface area contributed by atoms with Crippen LogP contribution < -0.4 is 4.90 Å². The first-order chi connectivity index (χ1) is 14.5. The van der Waals surface area contributed by atoms with Gasteiger partial charge in [0.05, 0.1) is 22.9 Å². The summed E-state index contributed by atoms with van der Waals surface area (Å²) in [5.74, 6) is -0.818. The van der Waals surface area contributed by atoms with Crippen molar-refractivity contribution in [2.75, 3.05) is 44.2 Å². The lowest BCUT2D eigenvalue weighted by molar-refractivity contribution is -0.120. The van der Waals surface area contributed by atoms with Crippen LogP contribution in [0.3, 0.4) is 0 Å². The minimum Gasteiger partial charge on any atom is -0.395 e. The molecule has 2 aliphatic heterocycles. The predicted molar refractivity (Wildman–Crippen MR) is 117 cm³/mol. The number of anilines is 1. The smallest absolute Gasteiger partial charge is 0.282 e. The molecule has 2 aromatic carbocycles. The molecule has 0 spiro atoms. The Morgan fingerprint density at radius 2 is 1.60 bits per heavy atom. The van der Waals surface area contributed by atoms with Gasteiger partial charge in [0.15, 0.2) is 0 Å². The molecule has 0 saturated carbocycles. The molecule has 30 heavy (non-hydrogen) atoms. The Morgan fingerprint density at radius 1 is 0.900 bits per heavy atom. The first kappa shape index (κ1) is 20.9. The molecule has 8 heteroatoms. The monoisotopic (exact) mass is 445 g/mol. The molecule has 0 atom stereocenters. The molecule has 0 aromatic heterocycles. The second kappa shape index (κ2) is 8.78. The number of aliphatic hydroxyl groups is 1. The normalized spacial score (nSPS) is 18.0. The van der Waals surface area contributed by atoms with Crippen molar-refractivity contribution in [3.8, 4) is 0 Å². The Morgan fingerprint density at radius 3 is 2.27 bits per heavy atom. The van der Waals surface area contributed by atoms with E-state index in [-0.39, 0.29) is 17.3 Å². The molecule has 156 valence electrons. The highest BCUT2D eigenvalue weighted by Crippen LogP contribution is 2.38. The third-order valence-corrected chi connectivity index (χ3v) is 5.93. The molecule has 2 aromatic rings. The Bertz CT molecular complexity index is 1000. The fourth-order valence-electron chi connectivity index (χ4n) is 3.89. The molecular formula is C22H21Cl2N3O3. The van der Waals surface area contributed by atoms with Crippen LogP contribution in [0.1, 0.15) is 5.56 Å².